The average Bonchev–Trinajstić information content (AvgIpc) is 3.28. The van der Waals surface area contributed by atoms with Gasteiger partial charge in [0, 0.05) is 55.5 Å². The molecule has 0 aliphatic carbocycles. The Balaban J connectivity index is 1.22. The van der Waals surface area contributed by atoms with E-state index in [9.17, 15) is 9.18 Å². The molecule has 5 rings (SSSR count). The van der Waals surface area contributed by atoms with Crippen molar-refractivity contribution in [2.24, 2.45) is 5.92 Å². The first-order valence-electron chi connectivity index (χ1n) is 12.5. The fourth-order valence-electron chi connectivity index (χ4n) is 5.10. The van der Waals surface area contributed by atoms with Gasteiger partial charge in [0.05, 0.1) is 5.69 Å². The lowest BCUT2D eigenvalue weighted by Crippen LogP contribution is -2.43. The topological polar surface area (TPSA) is 65.8 Å². The lowest BCUT2D eigenvalue weighted by Gasteiger charge is -2.33. The van der Waals surface area contributed by atoms with Crippen LogP contribution in [0.5, 0.6) is 0 Å². The molecule has 8 heteroatoms. The summed E-state index contributed by atoms with van der Waals surface area (Å²) >= 11 is 0. The maximum absolute atomic E-state index is 13.3. The average molecular weight is 465 g/mol. The van der Waals surface area contributed by atoms with Crippen LogP contribution in [0.3, 0.4) is 0 Å². The van der Waals surface area contributed by atoms with Gasteiger partial charge in [-0.3, -0.25) is 4.79 Å². The molecule has 0 spiro atoms. The van der Waals surface area contributed by atoms with Gasteiger partial charge in [-0.05, 0) is 70.0 Å². The predicted molar refractivity (Wildman–Crippen MR) is 131 cm³/mol. The van der Waals surface area contributed by atoms with Gasteiger partial charge in [0.25, 0.3) is 0 Å². The zero-order valence-corrected chi connectivity index (χ0v) is 19.8. The molecule has 0 atom stereocenters. The van der Waals surface area contributed by atoms with E-state index in [0.29, 0.717) is 0 Å². The largest absolute Gasteiger partial charge is 0.356 e. The maximum atomic E-state index is 13.3. The minimum Gasteiger partial charge on any atom is -0.356 e. The number of nitrogens with one attached hydrogen (secondary N) is 1. The van der Waals surface area contributed by atoms with Crippen LogP contribution in [0.15, 0.2) is 36.4 Å². The van der Waals surface area contributed by atoms with Crippen LogP contribution in [0, 0.1) is 18.7 Å². The quantitative estimate of drug-likeness (QED) is 0.603. The minimum atomic E-state index is -0.263. The SMILES string of the molecule is Cc1cc(N2CCC(C(=O)NCCN3CCCCC3)CC2)n2nc(-c3ccc(F)cc3)cc2n1. The number of fused-ring (bicyclic) bond motifs is 1. The number of aromatic nitrogens is 3. The van der Waals surface area contributed by atoms with Crippen LogP contribution in [-0.4, -0.2) is 64.7 Å². The summed E-state index contributed by atoms with van der Waals surface area (Å²) in [5, 5.41) is 7.94. The van der Waals surface area contributed by atoms with Gasteiger partial charge in [-0.25, -0.2) is 9.37 Å². The van der Waals surface area contributed by atoms with E-state index in [4.69, 9.17) is 5.10 Å². The number of benzene rings is 1. The summed E-state index contributed by atoms with van der Waals surface area (Å²) in [6.45, 7) is 7.59. The van der Waals surface area contributed by atoms with E-state index < -0.39 is 0 Å². The van der Waals surface area contributed by atoms with Gasteiger partial charge in [0.2, 0.25) is 5.91 Å². The molecule has 7 nitrogen and oxygen atoms in total. The number of amides is 1. The number of likely N-dealkylation sites (tertiary alicyclic amines) is 1. The normalized spacial score (nSPS) is 17.9. The molecule has 0 unspecified atom stereocenters. The Morgan fingerprint density at radius 1 is 1.06 bits per heavy atom. The number of carbonyl (C=O) groups excluding carboxylic acids is 1. The molecular formula is C26H33FN6O. The number of rotatable bonds is 6. The molecule has 2 saturated heterocycles. The predicted octanol–water partition coefficient (Wildman–Crippen LogP) is 3.66. The van der Waals surface area contributed by atoms with Crippen molar-refractivity contribution < 1.29 is 9.18 Å². The molecule has 4 heterocycles. The smallest absolute Gasteiger partial charge is 0.223 e. The van der Waals surface area contributed by atoms with Crippen molar-refractivity contribution in [2.75, 3.05) is 44.2 Å². The Kier molecular flexibility index (Phi) is 6.76. The molecule has 1 N–H and O–H groups in total. The molecule has 3 aromatic rings. The van der Waals surface area contributed by atoms with Crippen molar-refractivity contribution in [1.29, 1.82) is 0 Å². The molecular weight excluding hydrogens is 431 g/mol. The number of piperidine rings is 2. The van der Waals surface area contributed by atoms with E-state index in [1.54, 1.807) is 12.1 Å². The third kappa shape index (κ3) is 5.06. The Hall–Kier alpha value is -3.00. The van der Waals surface area contributed by atoms with Crippen molar-refractivity contribution >= 4 is 17.4 Å². The summed E-state index contributed by atoms with van der Waals surface area (Å²) < 4.78 is 15.2. The molecule has 1 amide bonds. The van der Waals surface area contributed by atoms with Gasteiger partial charge in [-0.1, -0.05) is 6.42 Å². The fraction of sp³-hybridized carbons (Fsp3) is 0.500. The van der Waals surface area contributed by atoms with Crippen LogP contribution in [-0.2, 0) is 4.79 Å². The van der Waals surface area contributed by atoms with E-state index in [1.165, 1.54) is 31.4 Å². The maximum Gasteiger partial charge on any atom is 0.223 e. The minimum absolute atomic E-state index is 0.0587. The zero-order valence-electron chi connectivity index (χ0n) is 19.8. The lowest BCUT2D eigenvalue weighted by molar-refractivity contribution is -0.125. The Morgan fingerprint density at radius 2 is 1.79 bits per heavy atom. The van der Waals surface area contributed by atoms with Crippen molar-refractivity contribution in [2.45, 2.75) is 39.0 Å². The van der Waals surface area contributed by atoms with Crippen LogP contribution in [0.25, 0.3) is 16.9 Å². The molecule has 2 aliphatic heterocycles. The highest BCUT2D eigenvalue weighted by molar-refractivity contribution is 5.79. The summed E-state index contributed by atoms with van der Waals surface area (Å²) in [4.78, 5) is 22.1. The van der Waals surface area contributed by atoms with E-state index in [1.807, 2.05) is 23.6 Å². The second-order valence-corrected chi connectivity index (χ2v) is 9.52. The van der Waals surface area contributed by atoms with Crippen molar-refractivity contribution in [3.8, 4) is 11.3 Å². The zero-order chi connectivity index (χ0) is 23.5. The van der Waals surface area contributed by atoms with E-state index in [0.717, 1.165) is 80.5 Å². The summed E-state index contributed by atoms with van der Waals surface area (Å²) in [7, 11) is 0. The summed E-state index contributed by atoms with van der Waals surface area (Å²) in [5.41, 5.74) is 3.32. The first-order valence-corrected chi connectivity index (χ1v) is 12.5. The Bertz CT molecular complexity index is 1130. The summed E-state index contributed by atoms with van der Waals surface area (Å²) in [6, 6.07) is 10.3. The molecule has 2 aromatic heterocycles. The van der Waals surface area contributed by atoms with Crippen molar-refractivity contribution in [3.63, 3.8) is 0 Å². The van der Waals surface area contributed by atoms with Gasteiger partial charge in [-0.2, -0.15) is 9.61 Å². The fourth-order valence-corrected chi connectivity index (χ4v) is 5.10. The van der Waals surface area contributed by atoms with Crippen LogP contribution in [0.4, 0.5) is 10.2 Å². The van der Waals surface area contributed by atoms with Gasteiger partial charge < -0.3 is 15.1 Å². The molecule has 0 bridgehead atoms. The van der Waals surface area contributed by atoms with Gasteiger partial charge in [-0.15, -0.1) is 0 Å². The number of carbonyl (C=O) groups is 1. The molecule has 34 heavy (non-hydrogen) atoms. The highest BCUT2D eigenvalue weighted by atomic mass is 19.1. The highest BCUT2D eigenvalue weighted by Gasteiger charge is 2.26. The van der Waals surface area contributed by atoms with Crippen molar-refractivity contribution in [3.05, 3.63) is 47.9 Å². The number of hydrogen-bond acceptors (Lipinski definition) is 5. The van der Waals surface area contributed by atoms with Crippen LogP contribution in [0.2, 0.25) is 0 Å². The summed E-state index contributed by atoms with van der Waals surface area (Å²) in [6.07, 6.45) is 5.53. The third-order valence-corrected chi connectivity index (χ3v) is 7.04. The second kappa shape index (κ2) is 10.1. The number of aryl methyl sites for hydroxylation is 1. The Morgan fingerprint density at radius 3 is 2.53 bits per heavy atom. The summed E-state index contributed by atoms with van der Waals surface area (Å²) in [5.74, 6) is 0.967. The van der Waals surface area contributed by atoms with Gasteiger partial charge >= 0.3 is 0 Å². The van der Waals surface area contributed by atoms with Gasteiger partial charge in [0.1, 0.15) is 11.6 Å². The molecule has 2 fully saturated rings. The number of nitrogens with zero attached hydrogens (tertiary/aromatic N) is 5. The molecule has 2 aliphatic rings. The number of halogens is 1. The highest BCUT2D eigenvalue weighted by Crippen LogP contribution is 2.27. The van der Waals surface area contributed by atoms with E-state index in [-0.39, 0.29) is 17.6 Å². The van der Waals surface area contributed by atoms with Crippen LogP contribution < -0.4 is 10.2 Å². The van der Waals surface area contributed by atoms with Crippen LogP contribution in [0.1, 0.15) is 37.8 Å². The number of hydrogen-bond donors (Lipinski definition) is 1. The lowest BCUT2D eigenvalue weighted by atomic mass is 9.96. The third-order valence-electron chi connectivity index (χ3n) is 7.04. The second-order valence-electron chi connectivity index (χ2n) is 9.52. The molecule has 1 aromatic carbocycles. The first kappa shape index (κ1) is 22.8. The standard InChI is InChI=1S/C26H33FN6O/c1-19-17-25(33-24(29-19)18-23(30-33)20-5-7-22(27)8-6-20)32-14-9-21(10-15-32)26(34)28-11-16-31-12-3-2-4-13-31/h5-8,17-18,21H,2-4,9-16H2,1H3,(H,28,34). The molecule has 0 radical (unpaired) electrons. The van der Waals surface area contributed by atoms with E-state index in [2.05, 4.69) is 20.1 Å². The molecule has 0 saturated carbocycles. The number of anilines is 1. The van der Waals surface area contributed by atoms with E-state index >= 15 is 0 Å². The van der Waals surface area contributed by atoms with Crippen LogP contribution >= 0.6 is 0 Å². The molecule has 180 valence electrons. The monoisotopic (exact) mass is 464 g/mol. The first-order chi connectivity index (χ1) is 16.6. The van der Waals surface area contributed by atoms with Gasteiger partial charge in [0.15, 0.2) is 5.65 Å². The van der Waals surface area contributed by atoms with Crippen molar-refractivity contribution in [1.82, 2.24) is 24.8 Å². The Labute approximate surface area is 200 Å².